The molecule has 0 amide bonds. The van der Waals surface area contributed by atoms with Gasteiger partial charge in [-0.15, -0.1) is 0 Å². The Morgan fingerprint density at radius 1 is 1.31 bits per heavy atom. The van der Waals surface area contributed by atoms with Gasteiger partial charge >= 0.3 is 0 Å². The summed E-state index contributed by atoms with van der Waals surface area (Å²) >= 11 is 0. The molecule has 0 aromatic heterocycles. The summed E-state index contributed by atoms with van der Waals surface area (Å²) in [6.45, 7) is 5.39. The maximum absolute atomic E-state index is 5.36. The van der Waals surface area contributed by atoms with E-state index in [-0.39, 0.29) is 6.10 Å². The number of fused-ring (bicyclic) bond motifs is 3. The number of nitrogens with one attached hydrogen (secondary N) is 1. The lowest BCUT2D eigenvalue weighted by molar-refractivity contribution is 0.0163. The van der Waals surface area contributed by atoms with Crippen LogP contribution in [0.25, 0.3) is 0 Å². The molecule has 3 aliphatic rings. The highest BCUT2D eigenvalue weighted by Gasteiger charge is 2.33. The van der Waals surface area contributed by atoms with Crippen molar-refractivity contribution in [3.05, 3.63) is 0 Å². The maximum atomic E-state index is 5.36. The molecule has 3 fully saturated rings. The van der Waals surface area contributed by atoms with Crippen molar-refractivity contribution in [2.24, 2.45) is 5.92 Å². The molecule has 0 aromatic rings. The van der Waals surface area contributed by atoms with E-state index in [2.05, 4.69) is 10.2 Å². The number of nitrogens with zero attached hydrogens (tertiary/aromatic N) is 1. The van der Waals surface area contributed by atoms with Gasteiger partial charge in [0.05, 0.1) is 12.7 Å². The van der Waals surface area contributed by atoms with Crippen LogP contribution in [0, 0.1) is 5.92 Å². The standard InChI is InChI=1S/C12H24N2O2/c1-15-9-11(16-2)7-13-12-8-14-5-3-10(12)4-6-14/h10-13H,3-9H2,1-2H3. The van der Waals surface area contributed by atoms with Gasteiger partial charge in [-0.25, -0.2) is 0 Å². The molecule has 0 spiro atoms. The van der Waals surface area contributed by atoms with E-state index in [9.17, 15) is 0 Å². The van der Waals surface area contributed by atoms with Gasteiger partial charge in [0.1, 0.15) is 0 Å². The van der Waals surface area contributed by atoms with Crippen molar-refractivity contribution < 1.29 is 9.47 Å². The summed E-state index contributed by atoms with van der Waals surface area (Å²) in [5, 5.41) is 3.64. The van der Waals surface area contributed by atoms with Crippen LogP contribution < -0.4 is 5.32 Å². The minimum absolute atomic E-state index is 0.181. The van der Waals surface area contributed by atoms with Crippen LogP contribution in [0.1, 0.15) is 12.8 Å². The average molecular weight is 228 g/mol. The first-order valence-corrected chi connectivity index (χ1v) is 6.31. The van der Waals surface area contributed by atoms with Gasteiger partial charge in [0.15, 0.2) is 0 Å². The zero-order valence-electron chi connectivity index (χ0n) is 10.4. The first kappa shape index (κ1) is 12.3. The van der Waals surface area contributed by atoms with Crippen LogP contribution in [-0.4, -0.2) is 64.1 Å². The molecule has 2 atom stereocenters. The second-order valence-corrected chi connectivity index (χ2v) is 4.97. The Balaban J connectivity index is 1.73. The third kappa shape index (κ3) is 2.94. The lowest BCUT2D eigenvalue weighted by Gasteiger charge is -2.45. The highest BCUT2D eigenvalue weighted by molar-refractivity contribution is 4.91. The van der Waals surface area contributed by atoms with Crippen molar-refractivity contribution >= 4 is 0 Å². The monoisotopic (exact) mass is 228 g/mol. The number of hydrogen-bond donors (Lipinski definition) is 1. The summed E-state index contributed by atoms with van der Waals surface area (Å²) in [5.41, 5.74) is 0. The Bertz CT molecular complexity index is 205. The number of rotatable bonds is 6. The number of ether oxygens (including phenoxy) is 2. The minimum Gasteiger partial charge on any atom is -0.382 e. The Hall–Kier alpha value is -0.160. The lowest BCUT2D eigenvalue weighted by Crippen LogP contribution is -2.57. The number of piperidine rings is 3. The molecule has 0 saturated carbocycles. The third-order valence-electron chi connectivity index (χ3n) is 3.95. The Morgan fingerprint density at radius 2 is 2.06 bits per heavy atom. The van der Waals surface area contributed by atoms with E-state index in [4.69, 9.17) is 9.47 Å². The van der Waals surface area contributed by atoms with Crippen LogP contribution in [-0.2, 0) is 9.47 Å². The van der Waals surface area contributed by atoms with Gasteiger partial charge in [-0.3, -0.25) is 0 Å². The molecule has 2 bridgehead atoms. The van der Waals surface area contributed by atoms with Gasteiger partial charge < -0.3 is 19.7 Å². The molecule has 2 unspecified atom stereocenters. The molecule has 0 aliphatic carbocycles. The molecule has 4 heteroatoms. The molecular formula is C12H24N2O2. The second kappa shape index (κ2) is 5.96. The van der Waals surface area contributed by atoms with Gasteiger partial charge in [-0.2, -0.15) is 0 Å². The summed E-state index contributed by atoms with van der Waals surface area (Å²) in [4.78, 5) is 2.57. The van der Waals surface area contributed by atoms with Crippen LogP contribution in [0.3, 0.4) is 0 Å². The van der Waals surface area contributed by atoms with Gasteiger partial charge in [0.25, 0.3) is 0 Å². The molecule has 3 heterocycles. The van der Waals surface area contributed by atoms with Crippen molar-refractivity contribution in [3.8, 4) is 0 Å². The molecular weight excluding hydrogens is 204 g/mol. The van der Waals surface area contributed by atoms with Crippen LogP contribution in [0.4, 0.5) is 0 Å². The summed E-state index contributed by atoms with van der Waals surface area (Å²) in [7, 11) is 3.47. The summed E-state index contributed by atoms with van der Waals surface area (Å²) in [6.07, 6.45) is 2.90. The fourth-order valence-corrected chi connectivity index (χ4v) is 2.88. The van der Waals surface area contributed by atoms with E-state index in [0.717, 1.165) is 12.5 Å². The fourth-order valence-electron chi connectivity index (χ4n) is 2.88. The molecule has 94 valence electrons. The SMILES string of the molecule is COCC(CNC1CN2CCC1CC2)OC. The van der Waals surface area contributed by atoms with E-state index in [1.165, 1.54) is 32.5 Å². The van der Waals surface area contributed by atoms with E-state index >= 15 is 0 Å². The highest BCUT2D eigenvalue weighted by Crippen LogP contribution is 2.27. The second-order valence-electron chi connectivity index (χ2n) is 4.97. The molecule has 4 nitrogen and oxygen atoms in total. The first-order chi connectivity index (χ1) is 7.83. The molecule has 3 rings (SSSR count). The zero-order valence-corrected chi connectivity index (χ0v) is 10.4. The van der Waals surface area contributed by atoms with Gasteiger partial charge in [0.2, 0.25) is 0 Å². The molecule has 16 heavy (non-hydrogen) atoms. The van der Waals surface area contributed by atoms with Crippen LogP contribution in [0.15, 0.2) is 0 Å². The van der Waals surface area contributed by atoms with Crippen LogP contribution in [0.2, 0.25) is 0 Å². The predicted octanol–water partition coefficient (Wildman–Crippen LogP) is 0.332. The van der Waals surface area contributed by atoms with E-state index in [0.29, 0.717) is 12.6 Å². The van der Waals surface area contributed by atoms with Gasteiger partial charge in [0, 0.05) is 33.4 Å². The minimum atomic E-state index is 0.181. The lowest BCUT2D eigenvalue weighted by atomic mass is 9.84. The quantitative estimate of drug-likeness (QED) is 0.710. The largest absolute Gasteiger partial charge is 0.382 e. The average Bonchev–Trinajstić information content (AvgIpc) is 2.36. The highest BCUT2D eigenvalue weighted by atomic mass is 16.5. The van der Waals surface area contributed by atoms with Crippen LogP contribution >= 0.6 is 0 Å². The van der Waals surface area contributed by atoms with E-state index < -0.39 is 0 Å². The molecule has 3 saturated heterocycles. The molecule has 0 radical (unpaired) electrons. The van der Waals surface area contributed by atoms with E-state index in [1.54, 1.807) is 14.2 Å². The third-order valence-corrected chi connectivity index (χ3v) is 3.95. The Kier molecular flexibility index (Phi) is 4.58. The predicted molar refractivity (Wildman–Crippen MR) is 63.6 cm³/mol. The van der Waals surface area contributed by atoms with Gasteiger partial charge in [-0.1, -0.05) is 0 Å². The summed E-state index contributed by atoms with van der Waals surface area (Å²) in [6, 6.07) is 0.664. The molecule has 0 aromatic carbocycles. The summed E-state index contributed by atoms with van der Waals surface area (Å²) in [5.74, 6) is 0.880. The zero-order chi connectivity index (χ0) is 11.4. The summed E-state index contributed by atoms with van der Waals surface area (Å²) < 4.78 is 10.5. The molecule has 1 N–H and O–H groups in total. The van der Waals surface area contributed by atoms with Crippen molar-refractivity contribution in [1.29, 1.82) is 0 Å². The van der Waals surface area contributed by atoms with E-state index in [1.807, 2.05) is 0 Å². The Morgan fingerprint density at radius 3 is 2.56 bits per heavy atom. The fraction of sp³-hybridized carbons (Fsp3) is 1.00. The topological polar surface area (TPSA) is 33.7 Å². The van der Waals surface area contributed by atoms with Crippen LogP contribution in [0.5, 0.6) is 0 Å². The normalized spacial score (nSPS) is 35.2. The van der Waals surface area contributed by atoms with Crippen molar-refractivity contribution in [2.75, 3.05) is 47.0 Å². The molecule has 3 aliphatic heterocycles. The van der Waals surface area contributed by atoms with Crippen molar-refractivity contribution in [1.82, 2.24) is 10.2 Å². The number of methoxy groups -OCH3 is 2. The van der Waals surface area contributed by atoms with Gasteiger partial charge in [-0.05, 0) is 31.8 Å². The number of hydrogen-bond acceptors (Lipinski definition) is 4. The van der Waals surface area contributed by atoms with Crippen molar-refractivity contribution in [3.63, 3.8) is 0 Å². The first-order valence-electron chi connectivity index (χ1n) is 6.31. The smallest absolute Gasteiger partial charge is 0.0928 e. The van der Waals surface area contributed by atoms with Crippen molar-refractivity contribution in [2.45, 2.75) is 25.0 Å². The Labute approximate surface area is 98.3 Å². The maximum Gasteiger partial charge on any atom is 0.0928 e.